The highest BCUT2D eigenvalue weighted by molar-refractivity contribution is 7.78. The van der Waals surface area contributed by atoms with Crippen LogP contribution in [0.2, 0.25) is 0 Å². The van der Waals surface area contributed by atoms with Gasteiger partial charge in [-0.3, -0.25) is 0 Å². The van der Waals surface area contributed by atoms with Crippen LogP contribution in [0.4, 0.5) is 0 Å². The van der Waals surface area contributed by atoms with E-state index < -0.39 is 0 Å². The fourth-order valence-corrected chi connectivity index (χ4v) is 0. The Morgan fingerprint density at radius 1 is 0.500 bits per heavy atom. The Kier molecular flexibility index (Phi) is 193. The van der Waals surface area contributed by atoms with E-state index in [9.17, 15) is 0 Å². The van der Waals surface area contributed by atoms with E-state index in [1.807, 2.05) is 0 Å². The van der Waals surface area contributed by atoms with Crippen LogP contribution in [0.15, 0.2) is 0 Å². The van der Waals surface area contributed by atoms with Crippen LogP contribution < -0.4 is 22.9 Å². The van der Waals surface area contributed by atoms with Crippen LogP contribution in [0, 0.1) is 0 Å². The first-order chi connectivity index (χ1) is 9.49. The molecule has 0 radical (unpaired) electrons. The summed E-state index contributed by atoms with van der Waals surface area (Å²) in [5.74, 6) is 0. The van der Waals surface area contributed by atoms with Gasteiger partial charge < -0.3 is 44.6 Å². The average Bonchev–Trinajstić information content (AvgIpc) is 2.42. The second kappa shape index (κ2) is 106. The molecule has 0 amide bonds. The zero-order valence-corrected chi connectivity index (χ0v) is 14.3. The van der Waals surface area contributed by atoms with E-state index in [-0.39, 0.29) is 0 Å². The Balaban J connectivity index is -0.0000000296. The molecule has 0 unspecified atom stereocenters. The summed E-state index contributed by atoms with van der Waals surface area (Å²) in [7, 11) is 0. The number of quaternary nitrogens is 4. The molecule has 0 saturated carbocycles. The number of rotatable bonds is 2. The summed E-state index contributed by atoms with van der Waals surface area (Å²) in [5.41, 5.74) is 14.2. The van der Waals surface area contributed by atoms with Gasteiger partial charge in [0.2, 0.25) is 0 Å². The van der Waals surface area contributed by atoms with Gasteiger partial charge in [0.25, 0.3) is 0 Å². The highest BCUT2D eigenvalue weighted by atomic mass is 32.1. The molecule has 0 aromatic rings. The van der Waals surface area contributed by atoms with Crippen molar-refractivity contribution in [2.45, 2.75) is 0 Å². The van der Waals surface area contributed by atoms with Gasteiger partial charge in [0.05, 0.1) is 0 Å². The Labute approximate surface area is 140 Å². The van der Waals surface area contributed by atoms with E-state index in [1.165, 1.54) is 20.6 Å². The predicted molar refractivity (Wildman–Crippen MR) is 94.8 cm³/mol. The third-order valence-electron chi connectivity index (χ3n) is 0.500. The SMILES string of the molecule is [N-]=C=S.[N-]=C=S.[N-]=C=S.[N-]=C=S.[NH3+]CC[NH3+].[NH3+]CC[NH3+]. The summed E-state index contributed by atoms with van der Waals surface area (Å²) in [6, 6.07) is 0. The predicted octanol–water partition coefficient (Wildman–Crippen LogP) is -2.43. The van der Waals surface area contributed by atoms with Crippen LogP contribution >= 0.6 is 48.9 Å². The molecular weight excluding hydrogens is 336 g/mol. The minimum atomic E-state index is 0.958. The first-order valence-electron chi connectivity index (χ1n) is 4.71. The number of thiocarbonyl (C=S) groups is 4. The van der Waals surface area contributed by atoms with Crippen LogP contribution in [0.25, 0.3) is 21.6 Å². The Morgan fingerprint density at radius 3 is 0.550 bits per heavy atom. The molecule has 0 aliphatic rings. The first kappa shape index (κ1) is 36.4. The second-order valence-corrected chi connectivity index (χ2v) is 2.51. The van der Waals surface area contributed by atoms with Gasteiger partial charge in [-0.2, -0.15) is 20.6 Å². The van der Waals surface area contributed by atoms with Crippen molar-refractivity contribution in [2.75, 3.05) is 26.2 Å². The lowest BCUT2D eigenvalue weighted by Gasteiger charge is -1.65. The quantitative estimate of drug-likeness (QED) is 0.315. The average molecular weight is 357 g/mol. The molecule has 12 N–H and O–H groups in total. The first-order valence-corrected chi connectivity index (χ1v) is 6.34. The van der Waals surface area contributed by atoms with Gasteiger partial charge in [-0.15, -0.1) is 0 Å². The maximum atomic E-state index is 7.13. The zero-order chi connectivity index (χ0) is 17.7. The van der Waals surface area contributed by atoms with Gasteiger partial charge in [0, 0.05) is 0 Å². The Hall–Kier alpha value is -0.960. The van der Waals surface area contributed by atoms with Crippen molar-refractivity contribution >= 4 is 69.5 Å². The molecule has 0 aliphatic carbocycles. The molecule has 0 aromatic carbocycles. The number of nitrogens with zero attached hydrogens (tertiary/aromatic N) is 4. The standard InChI is InChI=1S/2C2H8N2.4CNS/c2*3-1-2-4;4*2-1-3/h2*1-4H2;;;;/q;;4*-1/p+4. The molecule has 0 saturated heterocycles. The summed E-state index contributed by atoms with van der Waals surface area (Å²) in [5, 5.41) is 33.9. The maximum absolute atomic E-state index is 7.13. The summed E-state index contributed by atoms with van der Waals surface area (Å²) < 4.78 is 0. The van der Waals surface area contributed by atoms with Gasteiger partial charge in [0.15, 0.2) is 0 Å². The number of hydrogen-bond donors (Lipinski definition) is 4. The Morgan fingerprint density at radius 2 is 0.550 bits per heavy atom. The van der Waals surface area contributed by atoms with Crippen molar-refractivity contribution in [3.05, 3.63) is 21.6 Å². The number of hydrogen-bond acceptors (Lipinski definition) is 4. The molecule has 0 aliphatic heterocycles. The van der Waals surface area contributed by atoms with Crippen molar-refractivity contribution in [1.29, 1.82) is 0 Å². The fourth-order valence-electron chi connectivity index (χ4n) is 0. The van der Waals surface area contributed by atoms with E-state index in [4.69, 9.17) is 21.6 Å². The van der Waals surface area contributed by atoms with Gasteiger partial charge in [0.1, 0.15) is 26.2 Å². The van der Waals surface area contributed by atoms with Gasteiger partial charge >= 0.3 is 0 Å². The van der Waals surface area contributed by atoms with Crippen LogP contribution in [0.5, 0.6) is 0 Å². The van der Waals surface area contributed by atoms with Crippen LogP contribution in [-0.2, 0) is 0 Å². The summed E-state index contributed by atoms with van der Waals surface area (Å²) in [6.45, 7) is 3.83. The summed E-state index contributed by atoms with van der Waals surface area (Å²) in [4.78, 5) is 0. The summed E-state index contributed by atoms with van der Waals surface area (Å²) in [6.07, 6.45) is 0. The molecule has 12 heteroatoms. The smallest absolute Gasteiger partial charge is 0.124 e. The number of isothiocyanates is 4. The van der Waals surface area contributed by atoms with Crippen LogP contribution in [0.3, 0.4) is 0 Å². The third-order valence-corrected chi connectivity index (χ3v) is 0.500. The third kappa shape index (κ3) is 4050. The second-order valence-electron chi connectivity index (χ2n) is 1.78. The lowest BCUT2D eigenvalue weighted by molar-refractivity contribution is -0.453. The molecule has 20 heavy (non-hydrogen) atoms. The van der Waals surface area contributed by atoms with Gasteiger partial charge in [-0.25, -0.2) is 0 Å². The molecular formula is C8H20N8S4. The minimum absolute atomic E-state index is 0.958. The Bertz CT molecular complexity index is 204. The fraction of sp³-hybridized carbons (Fsp3) is 0.500. The van der Waals surface area contributed by atoms with Gasteiger partial charge in [-0.1, -0.05) is 48.9 Å². The maximum Gasteiger partial charge on any atom is 0.124 e. The topological polar surface area (TPSA) is 200 Å². The molecule has 0 rings (SSSR count). The van der Waals surface area contributed by atoms with Crippen molar-refractivity contribution < 1.29 is 22.9 Å². The molecule has 116 valence electrons. The van der Waals surface area contributed by atoms with Crippen molar-refractivity contribution in [2.24, 2.45) is 0 Å². The van der Waals surface area contributed by atoms with E-state index in [1.54, 1.807) is 0 Å². The lowest BCUT2D eigenvalue weighted by Crippen LogP contribution is -2.64. The highest BCUT2D eigenvalue weighted by Crippen LogP contribution is 1.20. The zero-order valence-electron chi connectivity index (χ0n) is 11.1. The normalized spacial score (nSPS) is 4.60. The van der Waals surface area contributed by atoms with E-state index in [0.717, 1.165) is 26.2 Å². The molecule has 0 atom stereocenters. The van der Waals surface area contributed by atoms with Crippen molar-refractivity contribution in [1.82, 2.24) is 0 Å². The molecule has 0 fully saturated rings. The van der Waals surface area contributed by atoms with Crippen molar-refractivity contribution in [3.63, 3.8) is 0 Å². The molecule has 0 heterocycles. The van der Waals surface area contributed by atoms with Gasteiger partial charge in [-0.05, 0) is 0 Å². The highest BCUT2D eigenvalue weighted by Gasteiger charge is 1.63. The largest absolute Gasteiger partial charge is 0.753 e. The molecule has 0 aromatic heterocycles. The van der Waals surface area contributed by atoms with E-state index in [2.05, 4.69) is 71.8 Å². The van der Waals surface area contributed by atoms with Crippen LogP contribution in [0.1, 0.15) is 0 Å². The lowest BCUT2D eigenvalue weighted by atomic mass is 10.7. The molecule has 0 spiro atoms. The molecule has 0 bridgehead atoms. The van der Waals surface area contributed by atoms with E-state index in [0.29, 0.717) is 0 Å². The summed E-state index contributed by atoms with van der Waals surface area (Å²) >= 11 is 14.8. The van der Waals surface area contributed by atoms with Crippen LogP contribution in [-0.4, -0.2) is 46.8 Å². The molecule has 8 nitrogen and oxygen atoms in total. The minimum Gasteiger partial charge on any atom is -0.753 e. The van der Waals surface area contributed by atoms with Crippen molar-refractivity contribution in [3.8, 4) is 0 Å². The van der Waals surface area contributed by atoms with E-state index >= 15 is 0 Å². The monoisotopic (exact) mass is 356 g/mol.